The first kappa shape index (κ1) is 19.5. The summed E-state index contributed by atoms with van der Waals surface area (Å²) in [5.74, 6) is -0.0752. The van der Waals surface area contributed by atoms with Crippen molar-refractivity contribution in [3.8, 4) is 10.4 Å². The van der Waals surface area contributed by atoms with Gasteiger partial charge in [0, 0.05) is 13.1 Å². The molecule has 1 fully saturated rings. The van der Waals surface area contributed by atoms with Crippen LogP contribution in [0.5, 0.6) is 0 Å². The third-order valence-electron chi connectivity index (χ3n) is 4.92. The molecule has 1 aromatic carbocycles. The number of carbonyl (C=O) groups is 2. The minimum absolute atomic E-state index is 0.0752. The highest BCUT2D eigenvalue weighted by Crippen LogP contribution is 2.28. The van der Waals surface area contributed by atoms with E-state index in [-0.39, 0.29) is 18.0 Å². The number of aryl methyl sites for hydroxylation is 1. The zero-order chi connectivity index (χ0) is 19.4. The van der Waals surface area contributed by atoms with Crippen LogP contribution in [0.4, 0.5) is 0 Å². The maximum Gasteiger partial charge on any atom is 0.243 e. The lowest BCUT2D eigenvalue weighted by molar-refractivity contribution is -0.131. The van der Waals surface area contributed by atoms with E-state index >= 15 is 0 Å². The number of hydrogen-bond acceptors (Lipinski definition) is 5. The fraction of sp³-hybridized carbons (Fsp3) is 0.450. The second-order valence-electron chi connectivity index (χ2n) is 7.21. The van der Waals surface area contributed by atoms with Gasteiger partial charge >= 0.3 is 0 Å². The molecule has 1 aromatic heterocycles. The molecule has 7 heteroatoms. The van der Waals surface area contributed by atoms with E-state index in [2.05, 4.69) is 39.5 Å². The first-order chi connectivity index (χ1) is 13.0. The Morgan fingerprint density at radius 1 is 1.41 bits per heavy atom. The van der Waals surface area contributed by atoms with E-state index in [1.165, 1.54) is 4.88 Å². The number of benzene rings is 1. The molecule has 1 saturated heterocycles. The summed E-state index contributed by atoms with van der Waals surface area (Å²) in [5, 5.41) is 3.15. The largest absolute Gasteiger partial charge is 0.346 e. The summed E-state index contributed by atoms with van der Waals surface area (Å²) >= 11 is 1.63. The van der Waals surface area contributed by atoms with Crippen LogP contribution in [0.15, 0.2) is 29.8 Å². The van der Waals surface area contributed by atoms with E-state index in [9.17, 15) is 9.59 Å². The molecule has 2 aromatic rings. The molecule has 2 unspecified atom stereocenters. The molecule has 3 rings (SSSR count). The van der Waals surface area contributed by atoms with Crippen molar-refractivity contribution >= 4 is 23.7 Å². The molecule has 2 atom stereocenters. The van der Waals surface area contributed by atoms with E-state index in [1.54, 1.807) is 16.2 Å². The number of rotatable bonds is 7. The summed E-state index contributed by atoms with van der Waals surface area (Å²) in [6.45, 7) is 3.36. The van der Waals surface area contributed by atoms with Gasteiger partial charge in [-0.15, -0.1) is 11.3 Å². The quantitative estimate of drug-likeness (QED) is 0.743. The Hall–Kier alpha value is -2.25. The number of likely N-dealkylation sites (tertiary alicyclic amines) is 1. The highest BCUT2D eigenvalue weighted by atomic mass is 32.1. The number of aromatic nitrogens is 1. The van der Waals surface area contributed by atoms with Crippen molar-refractivity contribution in [2.75, 3.05) is 27.2 Å². The maximum absolute atomic E-state index is 12.7. The van der Waals surface area contributed by atoms with Crippen molar-refractivity contribution in [1.29, 1.82) is 0 Å². The van der Waals surface area contributed by atoms with Crippen LogP contribution in [0, 0.1) is 6.92 Å². The predicted molar refractivity (Wildman–Crippen MR) is 108 cm³/mol. The molecule has 1 aliphatic rings. The van der Waals surface area contributed by atoms with Gasteiger partial charge < -0.3 is 15.1 Å². The Labute approximate surface area is 164 Å². The van der Waals surface area contributed by atoms with Crippen LogP contribution in [0.25, 0.3) is 10.4 Å². The fourth-order valence-electron chi connectivity index (χ4n) is 3.51. The van der Waals surface area contributed by atoms with E-state index in [0.717, 1.165) is 36.1 Å². The Morgan fingerprint density at radius 3 is 2.74 bits per heavy atom. The zero-order valence-corrected chi connectivity index (χ0v) is 16.8. The SMILES string of the molecule is Cc1ncsc1-c1ccc(C(CN(C)C)NC(=O)C2CCCN2C=O)cc1. The molecule has 6 nitrogen and oxygen atoms in total. The number of carbonyl (C=O) groups excluding carboxylic acids is 2. The van der Waals surface area contributed by atoms with E-state index in [1.807, 2.05) is 26.5 Å². The first-order valence-corrected chi connectivity index (χ1v) is 10.0. The van der Waals surface area contributed by atoms with Gasteiger partial charge in [0.15, 0.2) is 0 Å². The van der Waals surface area contributed by atoms with Crippen LogP contribution in [0.2, 0.25) is 0 Å². The zero-order valence-electron chi connectivity index (χ0n) is 16.0. The van der Waals surface area contributed by atoms with Crippen molar-refractivity contribution in [1.82, 2.24) is 20.1 Å². The molecule has 0 saturated carbocycles. The molecule has 0 radical (unpaired) electrons. The van der Waals surface area contributed by atoms with Crippen molar-refractivity contribution in [3.05, 3.63) is 41.0 Å². The van der Waals surface area contributed by atoms with Gasteiger partial charge in [-0.3, -0.25) is 9.59 Å². The lowest BCUT2D eigenvalue weighted by Crippen LogP contribution is -2.45. The number of likely N-dealkylation sites (N-methyl/N-ethyl adjacent to an activating group) is 1. The minimum atomic E-state index is -0.355. The van der Waals surface area contributed by atoms with Crippen molar-refractivity contribution < 1.29 is 9.59 Å². The van der Waals surface area contributed by atoms with Crippen molar-refractivity contribution in [2.24, 2.45) is 0 Å². The Bertz CT molecular complexity index is 788. The van der Waals surface area contributed by atoms with Gasteiger partial charge in [-0.25, -0.2) is 4.98 Å². The molecule has 2 amide bonds. The second-order valence-corrected chi connectivity index (χ2v) is 8.07. The number of amides is 2. The van der Waals surface area contributed by atoms with E-state index in [0.29, 0.717) is 13.1 Å². The normalized spacial score (nSPS) is 17.9. The second kappa shape index (κ2) is 8.63. The summed E-state index contributed by atoms with van der Waals surface area (Å²) in [6, 6.07) is 7.81. The van der Waals surface area contributed by atoms with Gasteiger partial charge in [0.25, 0.3) is 0 Å². The van der Waals surface area contributed by atoms with Gasteiger partial charge in [-0.2, -0.15) is 0 Å². The molecule has 1 aliphatic heterocycles. The van der Waals surface area contributed by atoms with Gasteiger partial charge in [0.2, 0.25) is 12.3 Å². The molecule has 27 heavy (non-hydrogen) atoms. The van der Waals surface area contributed by atoms with Gasteiger partial charge in [0.05, 0.1) is 22.1 Å². The molecular weight excluding hydrogens is 360 g/mol. The summed E-state index contributed by atoms with van der Waals surface area (Å²) in [5.41, 5.74) is 5.07. The van der Waals surface area contributed by atoms with Crippen LogP contribution in [0.3, 0.4) is 0 Å². The highest BCUT2D eigenvalue weighted by Gasteiger charge is 2.31. The lowest BCUT2D eigenvalue weighted by Gasteiger charge is -2.26. The van der Waals surface area contributed by atoms with E-state index < -0.39 is 0 Å². The topological polar surface area (TPSA) is 65.5 Å². The Morgan fingerprint density at radius 2 is 2.15 bits per heavy atom. The monoisotopic (exact) mass is 386 g/mol. The fourth-order valence-corrected chi connectivity index (χ4v) is 4.32. The first-order valence-electron chi connectivity index (χ1n) is 9.16. The summed E-state index contributed by atoms with van der Waals surface area (Å²) < 4.78 is 0. The molecule has 0 bridgehead atoms. The summed E-state index contributed by atoms with van der Waals surface area (Å²) in [4.78, 5) is 33.0. The summed E-state index contributed by atoms with van der Waals surface area (Å²) in [7, 11) is 3.98. The molecule has 0 aliphatic carbocycles. The van der Waals surface area contributed by atoms with Crippen molar-refractivity contribution in [2.45, 2.75) is 31.8 Å². The van der Waals surface area contributed by atoms with Crippen LogP contribution in [0.1, 0.15) is 30.1 Å². The third-order valence-corrected chi connectivity index (χ3v) is 5.89. The van der Waals surface area contributed by atoms with Crippen LogP contribution < -0.4 is 5.32 Å². The minimum Gasteiger partial charge on any atom is -0.346 e. The van der Waals surface area contributed by atoms with Crippen LogP contribution in [-0.4, -0.2) is 60.3 Å². The Kier molecular flexibility index (Phi) is 6.23. The molecule has 2 heterocycles. The van der Waals surface area contributed by atoms with Gasteiger partial charge in [-0.1, -0.05) is 24.3 Å². The predicted octanol–water partition coefficient (Wildman–Crippen LogP) is 2.46. The Balaban J connectivity index is 1.77. The van der Waals surface area contributed by atoms with Crippen LogP contribution >= 0.6 is 11.3 Å². The molecule has 144 valence electrons. The average Bonchev–Trinajstić information content (AvgIpc) is 3.29. The van der Waals surface area contributed by atoms with Gasteiger partial charge in [0.1, 0.15) is 6.04 Å². The number of nitrogens with one attached hydrogen (secondary N) is 1. The van der Waals surface area contributed by atoms with E-state index in [4.69, 9.17) is 0 Å². The number of hydrogen-bond donors (Lipinski definition) is 1. The molecular formula is C20H26N4O2S. The number of nitrogens with zero attached hydrogens (tertiary/aromatic N) is 3. The molecule has 1 N–H and O–H groups in total. The average molecular weight is 387 g/mol. The van der Waals surface area contributed by atoms with Gasteiger partial charge in [-0.05, 0) is 45.0 Å². The highest BCUT2D eigenvalue weighted by molar-refractivity contribution is 7.13. The smallest absolute Gasteiger partial charge is 0.243 e. The van der Waals surface area contributed by atoms with Crippen molar-refractivity contribution in [3.63, 3.8) is 0 Å². The maximum atomic E-state index is 12.7. The number of thiazole rings is 1. The lowest BCUT2D eigenvalue weighted by atomic mass is 10.0. The third kappa shape index (κ3) is 4.54. The summed E-state index contributed by atoms with van der Waals surface area (Å²) in [6.07, 6.45) is 2.38. The standard InChI is InChI=1S/C20H26N4O2S/c1-14-19(27-12-21-14)16-8-6-15(7-9-16)17(11-23(2)3)22-20(26)18-5-4-10-24(18)13-25/h6-9,12-13,17-18H,4-5,10-11H2,1-3H3,(H,22,26). The van der Waals surface area contributed by atoms with Crippen LogP contribution in [-0.2, 0) is 9.59 Å². The molecule has 0 spiro atoms.